The average Bonchev–Trinajstić information content (AvgIpc) is 2.84. The number of hydrogen-bond donors (Lipinski definition) is 1. The average molecular weight is 312 g/mol. The second-order valence-electron chi connectivity index (χ2n) is 6.25. The van der Waals surface area contributed by atoms with Crippen molar-refractivity contribution < 1.29 is 23.5 Å². The summed E-state index contributed by atoms with van der Waals surface area (Å²) in [6.07, 6.45) is 1.40. The second kappa shape index (κ2) is 7.29. The highest BCUT2D eigenvalue weighted by Gasteiger charge is 2.22. The van der Waals surface area contributed by atoms with Crippen LogP contribution in [-0.2, 0) is 9.47 Å². The van der Waals surface area contributed by atoms with Crippen LogP contribution in [0.25, 0.3) is 0 Å². The first kappa shape index (κ1) is 18.0. The number of esters is 1. The Bertz CT molecular complexity index is 518. The number of carbonyl (C=O) groups excluding carboxylic acids is 2. The molecule has 2 atom stereocenters. The van der Waals surface area contributed by atoms with Gasteiger partial charge >= 0.3 is 12.1 Å². The van der Waals surface area contributed by atoms with Crippen molar-refractivity contribution in [3.8, 4) is 0 Å². The molecule has 1 aromatic rings. The fraction of sp³-hybridized carbons (Fsp3) is 0.667. The molecule has 1 aromatic heterocycles. The van der Waals surface area contributed by atoms with Crippen molar-refractivity contribution in [2.24, 2.45) is 0 Å². The molecule has 124 valence electrons. The van der Waals surface area contributed by atoms with Crippen molar-refractivity contribution in [2.75, 3.05) is 7.11 Å². The Hall–Kier alpha value is -2.05. The number of alkyl carbamates (subject to hydrolysis) is 1. The van der Waals surface area contributed by atoms with Gasteiger partial charge in [0.25, 0.3) is 0 Å². The van der Waals surface area contributed by atoms with Gasteiger partial charge in [-0.05, 0) is 34.1 Å². The summed E-state index contributed by atoms with van der Waals surface area (Å²) >= 11 is 0. The van der Waals surface area contributed by atoms with Gasteiger partial charge in [-0.25, -0.2) is 14.6 Å². The molecule has 7 nitrogen and oxygen atoms in total. The topological polar surface area (TPSA) is 90.7 Å². The lowest BCUT2D eigenvalue weighted by molar-refractivity contribution is 0.0503. The van der Waals surface area contributed by atoms with Crippen molar-refractivity contribution in [1.82, 2.24) is 10.3 Å². The Balaban J connectivity index is 2.53. The highest BCUT2D eigenvalue weighted by Crippen LogP contribution is 2.20. The van der Waals surface area contributed by atoms with Crippen LogP contribution >= 0.6 is 0 Å². The van der Waals surface area contributed by atoms with Crippen LogP contribution in [0.3, 0.4) is 0 Å². The lowest BCUT2D eigenvalue weighted by atomic mass is 10.0. The van der Waals surface area contributed by atoms with Crippen molar-refractivity contribution in [1.29, 1.82) is 0 Å². The zero-order valence-corrected chi connectivity index (χ0v) is 13.9. The molecule has 0 aliphatic heterocycles. The standard InChI is InChI=1S/C15H24N2O5/c1-9(12-17-11(8-21-12)13(18)20-6)7-10(2)16-14(19)22-15(3,4)5/h8-10H,7H2,1-6H3,(H,16,19)/t9-,10-/m1/s1. The van der Waals surface area contributed by atoms with Crippen molar-refractivity contribution in [2.45, 2.75) is 58.6 Å². The lowest BCUT2D eigenvalue weighted by Gasteiger charge is -2.22. The van der Waals surface area contributed by atoms with Crippen LogP contribution in [0.15, 0.2) is 10.7 Å². The summed E-state index contributed by atoms with van der Waals surface area (Å²) in [6.45, 7) is 9.19. The molecule has 1 N–H and O–H groups in total. The number of amides is 1. The zero-order chi connectivity index (χ0) is 16.9. The predicted molar refractivity (Wildman–Crippen MR) is 79.7 cm³/mol. The molecule has 0 spiro atoms. The maximum atomic E-state index is 11.7. The predicted octanol–water partition coefficient (Wildman–Crippen LogP) is 2.87. The van der Waals surface area contributed by atoms with Gasteiger partial charge in [0.15, 0.2) is 11.6 Å². The van der Waals surface area contributed by atoms with Gasteiger partial charge in [-0.2, -0.15) is 0 Å². The van der Waals surface area contributed by atoms with E-state index in [2.05, 4.69) is 15.0 Å². The largest absolute Gasteiger partial charge is 0.464 e. The molecule has 22 heavy (non-hydrogen) atoms. The molecule has 0 saturated carbocycles. The van der Waals surface area contributed by atoms with E-state index < -0.39 is 17.7 Å². The highest BCUT2D eigenvalue weighted by molar-refractivity contribution is 5.86. The van der Waals surface area contributed by atoms with E-state index in [0.29, 0.717) is 12.3 Å². The van der Waals surface area contributed by atoms with Crippen LogP contribution in [-0.4, -0.2) is 35.8 Å². The number of hydrogen-bond acceptors (Lipinski definition) is 6. The number of ether oxygens (including phenoxy) is 2. The quantitative estimate of drug-likeness (QED) is 0.841. The summed E-state index contributed by atoms with van der Waals surface area (Å²) in [4.78, 5) is 27.1. The maximum Gasteiger partial charge on any atom is 0.407 e. The van der Waals surface area contributed by atoms with E-state index >= 15 is 0 Å². The van der Waals surface area contributed by atoms with Gasteiger partial charge in [0.05, 0.1) is 7.11 Å². The molecular formula is C15H24N2O5. The minimum absolute atomic E-state index is 0.0663. The molecule has 0 aliphatic carbocycles. The summed E-state index contributed by atoms with van der Waals surface area (Å²) in [5.41, 5.74) is -0.398. The molecular weight excluding hydrogens is 288 g/mol. The first-order chi connectivity index (χ1) is 10.1. The molecule has 1 rings (SSSR count). The number of carbonyl (C=O) groups is 2. The number of nitrogens with one attached hydrogen (secondary N) is 1. The SMILES string of the molecule is COC(=O)c1coc([C@H](C)C[C@@H](C)NC(=O)OC(C)(C)C)n1. The van der Waals surface area contributed by atoms with E-state index in [4.69, 9.17) is 9.15 Å². The van der Waals surface area contributed by atoms with E-state index in [1.165, 1.54) is 13.4 Å². The maximum absolute atomic E-state index is 11.7. The van der Waals surface area contributed by atoms with E-state index in [9.17, 15) is 9.59 Å². The fourth-order valence-electron chi connectivity index (χ4n) is 1.91. The summed E-state index contributed by atoms with van der Waals surface area (Å²) in [5, 5.41) is 2.76. The highest BCUT2D eigenvalue weighted by atomic mass is 16.6. The van der Waals surface area contributed by atoms with Crippen LogP contribution in [0.1, 0.15) is 63.3 Å². The van der Waals surface area contributed by atoms with Crippen molar-refractivity contribution in [3.63, 3.8) is 0 Å². The van der Waals surface area contributed by atoms with Crippen LogP contribution in [0.2, 0.25) is 0 Å². The number of rotatable bonds is 5. The number of methoxy groups -OCH3 is 1. The van der Waals surface area contributed by atoms with Gasteiger partial charge in [-0.3, -0.25) is 0 Å². The van der Waals surface area contributed by atoms with Gasteiger partial charge in [0.1, 0.15) is 11.9 Å². The van der Waals surface area contributed by atoms with Crippen molar-refractivity contribution in [3.05, 3.63) is 17.8 Å². The molecule has 0 bridgehead atoms. The molecule has 1 heterocycles. The van der Waals surface area contributed by atoms with Gasteiger partial charge in [-0.15, -0.1) is 0 Å². The summed E-state index contributed by atoms with van der Waals surface area (Å²) in [5.74, 6) is -0.177. The smallest absolute Gasteiger partial charge is 0.407 e. The van der Waals surface area contributed by atoms with E-state index in [-0.39, 0.29) is 17.7 Å². The molecule has 0 unspecified atom stereocenters. The van der Waals surface area contributed by atoms with Crippen LogP contribution in [0, 0.1) is 0 Å². The third kappa shape index (κ3) is 5.75. The molecule has 7 heteroatoms. The Morgan fingerprint density at radius 1 is 1.36 bits per heavy atom. The van der Waals surface area contributed by atoms with Crippen LogP contribution in [0.5, 0.6) is 0 Å². The number of nitrogens with zero attached hydrogens (tertiary/aromatic N) is 1. The fourth-order valence-corrected chi connectivity index (χ4v) is 1.91. The Labute approximate surface area is 130 Å². The van der Waals surface area contributed by atoms with Crippen molar-refractivity contribution >= 4 is 12.1 Å². The van der Waals surface area contributed by atoms with Gasteiger partial charge < -0.3 is 19.2 Å². The zero-order valence-electron chi connectivity index (χ0n) is 13.9. The molecule has 0 fully saturated rings. The lowest BCUT2D eigenvalue weighted by Crippen LogP contribution is -2.38. The van der Waals surface area contributed by atoms with Gasteiger partial charge in [-0.1, -0.05) is 6.92 Å². The second-order valence-corrected chi connectivity index (χ2v) is 6.25. The van der Waals surface area contributed by atoms with E-state index in [0.717, 1.165) is 0 Å². The normalized spacial score (nSPS) is 14.1. The third-order valence-corrected chi connectivity index (χ3v) is 2.81. The van der Waals surface area contributed by atoms with Gasteiger partial charge in [0.2, 0.25) is 0 Å². The van der Waals surface area contributed by atoms with Gasteiger partial charge in [0, 0.05) is 12.0 Å². The molecule has 0 aromatic carbocycles. The first-order valence-electron chi connectivity index (χ1n) is 7.15. The van der Waals surface area contributed by atoms with Crippen LogP contribution < -0.4 is 5.32 Å². The van der Waals surface area contributed by atoms with E-state index in [1.54, 1.807) is 20.8 Å². The Kier molecular flexibility index (Phi) is 5.96. The summed E-state index contributed by atoms with van der Waals surface area (Å²) in [6, 6.07) is -0.127. The third-order valence-electron chi connectivity index (χ3n) is 2.81. The molecule has 0 aliphatic rings. The first-order valence-corrected chi connectivity index (χ1v) is 7.15. The summed E-state index contributed by atoms with van der Waals surface area (Å²) in [7, 11) is 1.28. The molecule has 1 amide bonds. The Morgan fingerprint density at radius 2 is 2.00 bits per heavy atom. The van der Waals surface area contributed by atoms with Crippen LogP contribution in [0.4, 0.5) is 4.79 Å². The summed E-state index contributed by atoms with van der Waals surface area (Å²) < 4.78 is 15.0. The number of oxazole rings is 1. The molecule has 0 saturated heterocycles. The number of aromatic nitrogens is 1. The van der Waals surface area contributed by atoms with E-state index in [1.807, 2.05) is 13.8 Å². The Morgan fingerprint density at radius 3 is 2.55 bits per heavy atom. The minimum atomic E-state index is -0.540. The molecule has 0 radical (unpaired) electrons. The minimum Gasteiger partial charge on any atom is -0.464 e. The monoisotopic (exact) mass is 312 g/mol.